The van der Waals surface area contributed by atoms with Crippen LogP contribution < -0.4 is 0 Å². The summed E-state index contributed by atoms with van der Waals surface area (Å²) in [4.78, 5) is 0. The largest absolute Gasteiger partial charge is 0.343 e. The summed E-state index contributed by atoms with van der Waals surface area (Å²) in [6.45, 7) is 0.866. The molecule has 3 nitrogen and oxygen atoms in total. The Bertz CT molecular complexity index is 612. The minimum absolute atomic E-state index is 0.352. The fraction of sp³-hybridized carbons (Fsp3) is 0.429. The number of unbranched alkanes of at least 4 members (excludes halogenated alkanes) is 2. The van der Waals surface area contributed by atoms with E-state index in [2.05, 4.69) is 10.6 Å². The number of fused-ring (bicyclic) bond motifs is 1. The highest BCUT2D eigenvalue weighted by molar-refractivity contribution is 7.79. The van der Waals surface area contributed by atoms with Gasteiger partial charge in [0.1, 0.15) is 0 Å². The maximum Gasteiger partial charge on any atom is 0.152 e. The van der Waals surface area contributed by atoms with Crippen LogP contribution in [0.1, 0.15) is 25.0 Å². The Labute approximate surface area is 131 Å². The third-order valence-electron chi connectivity index (χ3n) is 3.29. The van der Waals surface area contributed by atoms with Gasteiger partial charge in [-0.3, -0.25) is 0 Å². The van der Waals surface area contributed by atoms with Crippen molar-refractivity contribution in [2.24, 2.45) is 0 Å². The standard InChI is InChI=1S/C14H17Cl2NO2S/c15-10-13-9-11-8-12(16)4-5-14(11)17(13)6-2-1-3-7-20(18)19/h4-5,8-9H,1-3,6-7,10H2,(H,18,19). The molecule has 0 saturated carbocycles. The van der Waals surface area contributed by atoms with E-state index in [4.69, 9.17) is 27.8 Å². The van der Waals surface area contributed by atoms with Gasteiger partial charge in [0.05, 0.1) is 5.88 Å². The maximum atomic E-state index is 10.6. The third-order valence-corrected chi connectivity index (χ3v) is 4.43. The van der Waals surface area contributed by atoms with Crippen molar-refractivity contribution in [1.29, 1.82) is 0 Å². The zero-order valence-electron chi connectivity index (χ0n) is 11.0. The van der Waals surface area contributed by atoms with Crippen molar-refractivity contribution in [2.45, 2.75) is 31.7 Å². The molecule has 0 saturated heterocycles. The first-order valence-corrected chi connectivity index (χ1v) is 8.71. The summed E-state index contributed by atoms with van der Waals surface area (Å²) in [5, 5.41) is 1.82. The SMILES string of the molecule is O=S(O)CCCCCn1c(CCl)cc2cc(Cl)ccc21. The molecule has 6 heteroatoms. The summed E-state index contributed by atoms with van der Waals surface area (Å²) < 4.78 is 21.5. The van der Waals surface area contributed by atoms with Gasteiger partial charge in [0.25, 0.3) is 0 Å². The van der Waals surface area contributed by atoms with Crippen LogP contribution in [0.4, 0.5) is 0 Å². The lowest BCUT2D eigenvalue weighted by Crippen LogP contribution is -2.02. The highest BCUT2D eigenvalue weighted by Crippen LogP contribution is 2.25. The van der Waals surface area contributed by atoms with Crippen molar-refractivity contribution < 1.29 is 8.76 Å². The van der Waals surface area contributed by atoms with Gasteiger partial charge in [0.2, 0.25) is 0 Å². The molecule has 1 aromatic heterocycles. The quantitative estimate of drug-likeness (QED) is 0.462. The Morgan fingerprint density at radius 3 is 2.70 bits per heavy atom. The minimum Gasteiger partial charge on any atom is -0.343 e. The van der Waals surface area contributed by atoms with Gasteiger partial charge < -0.3 is 9.12 Å². The average Bonchev–Trinajstić information content (AvgIpc) is 2.75. The highest BCUT2D eigenvalue weighted by atomic mass is 35.5. The first-order valence-electron chi connectivity index (χ1n) is 6.53. The van der Waals surface area contributed by atoms with Gasteiger partial charge in [0.15, 0.2) is 11.1 Å². The molecule has 1 heterocycles. The van der Waals surface area contributed by atoms with Gasteiger partial charge in [-0.1, -0.05) is 18.0 Å². The predicted molar refractivity (Wildman–Crippen MR) is 86.0 cm³/mol. The van der Waals surface area contributed by atoms with E-state index in [1.807, 2.05) is 18.2 Å². The second kappa shape index (κ2) is 7.46. The van der Waals surface area contributed by atoms with E-state index < -0.39 is 11.1 Å². The molecule has 1 unspecified atom stereocenters. The zero-order chi connectivity index (χ0) is 14.5. The number of alkyl halides is 1. The monoisotopic (exact) mass is 333 g/mol. The lowest BCUT2D eigenvalue weighted by molar-refractivity contribution is 0.553. The van der Waals surface area contributed by atoms with Crippen LogP contribution in [-0.4, -0.2) is 19.1 Å². The predicted octanol–water partition coefficient (Wildman–Crippen LogP) is 4.43. The van der Waals surface area contributed by atoms with Crippen LogP contribution in [-0.2, 0) is 23.5 Å². The van der Waals surface area contributed by atoms with Crippen LogP contribution in [0.3, 0.4) is 0 Å². The number of nitrogens with zero attached hydrogens (tertiary/aromatic N) is 1. The van der Waals surface area contributed by atoms with Gasteiger partial charge in [-0.05, 0) is 37.1 Å². The van der Waals surface area contributed by atoms with E-state index in [0.717, 1.165) is 47.4 Å². The smallest absolute Gasteiger partial charge is 0.152 e. The normalized spacial score (nSPS) is 12.9. The number of rotatable bonds is 7. The van der Waals surface area contributed by atoms with E-state index in [1.54, 1.807) is 0 Å². The number of benzene rings is 1. The zero-order valence-corrected chi connectivity index (χ0v) is 13.3. The van der Waals surface area contributed by atoms with Crippen molar-refractivity contribution in [3.63, 3.8) is 0 Å². The molecule has 0 radical (unpaired) electrons. The van der Waals surface area contributed by atoms with Crippen molar-refractivity contribution in [1.82, 2.24) is 4.57 Å². The van der Waals surface area contributed by atoms with Crippen molar-refractivity contribution >= 4 is 45.2 Å². The molecule has 2 aromatic rings. The van der Waals surface area contributed by atoms with Crippen LogP contribution in [0.25, 0.3) is 10.9 Å². The average molecular weight is 334 g/mol. The van der Waals surface area contributed by atoms with E-state index in [0.29, 0.717) is 11.6 Å². The number of aryl methyl sites for hydroxylation is 1. The number of halogens is 2. The van der Waals surface area contributed by atoms with Gasteiger partial charge in [-0.2, -0.15) is 0 Å². The summed E-state index contributed by atoms with van der Waals surface area (Å²) in [5.41, 5.74) is 2.21. The Morgan fingerprint density at radius 1 is 1.20 bits per heavy atom. The first kappa shape index (κ1) is 15.8. The van der Waals surface area contributed by atoms with Crippen molar-refractivity contribution in [2.75, 3.05) is 5.75 Å². The van der Waals surface area contributed by atoms with E-state index in [9.17, 15) is 4.21 Å². The second-order valence-electron chi connectivity index (χ2n) is 4.71. The molecule has 0 bridgehead atoms. The molecule has 0 fully saturated rings. The number of hydrogen-bond acceptors (Lipinski definition) is 1. The molecule has 110 valence electrons. The van der Waals surface area contributed by atoms with E-state index in [-0.39, 0.29) is 0 Å². The molecule has 1 N–H and O–H groups in total. The van der Waals surface area contributed by atoms with Crippen LogP contribution in [0.15, 0.2) is 24.3 Å². The number of aromatic nitrogens is 1. The molecule has 1 atom stereocenters. The lowest BCUT2D eigenvalue weighted by Gasteiger charge is -2.09. The first-order chi connectivity index (χ1) is 9.61. The van der Waals surface area contributed by atoms with E-state index >= 15 is 0 Å². The Kier molecular flexibility index (Phi) is 5.90. The Hall–Kier alpha value is -0.550. The molecule has 0 aliphatic rings. The number of hydrogen-bond donors (Lipinski definition) is 1. The van der Waals surface area contributed by atoms with Gasteiger partial charge in [-0.25, -0.2) is 4.21 Å². The highest BCUT2D eigenvalue weighted by Gasteiger charge is 2.08. The molecule has 20 heavy (non-hydrogen) atoms. The fourth-order valence-electron chi connectivity index (χ4n) is 2.35. The molecule has 2 rings (SSSR count). The van der Waals surface area contributed by atoms with Gasteiger partial charge in [-0.15, -0.1) is 11.6 Å². The summed E-state index contributed by atoms with van der Waals surface area (Å²) in [7, 11) is 0. The topological polar surface area (TPSA) is 42.2 Å². The molecule has 0 amide bonds. The summed E-state index contributed by atoms with van der Waals surface area (Å²) in [6.07, 6.45) is 2.67. The van der Waals surface area contributed by atoms with Crippen LogP contribution in [0, 0.1) is 0 Å². The summed E-state index contributed by atoms with van der Waals surface area (Å²) in [6, 6.07) is 7.90. The second-order valence-corrected chi connectivity index (χ2v) is 6.47. The summed E-state index contributed by atoms with van der Waals surface area (Å²) >= 11 is 10.3. The van der Waals surface area contributed by atoms with Crippen LogP contribution in [0.5, 0.6) is 0 Å². The fourth-order valence-corrected chi connectivity index (χ4v) is 3.20. The summed E-state index contributed by atoms with van der Waals surface area (Å²) in [5.74, 6) is 0.817. The Morgan fingerprint density at radius 2 is 2.00 bits per heavy atom. The minimum atomic E-state index is -1.68. The maximum absolute atomic E-state index is 10.6. The molecular formula is C14H17Cl2NO2S. The third kappa shape index (κ3) is 3.98. The van der Waals surface area contributed by atoms with Crippen LogP contribution in [0.2, 0.25) is 5.02 Å². The molecule has 1 aromatic carbocycles. The van der Waals surface area contributed by atoms with Gasteiger partial charge in [0, 0.05) is 33.9 Å². The van der Waals surface area contributed by atoms with Crippen LogP contribution >= 0.6 is 23.2 Å². The lowest BCUT2D eigenvalue weighted by atomic mass is 10.2. The van der Waals surface area contributed by atoms with Crippen molar-refractivity contribution in [3.8, 4) is 0 Å². The molecule has 0 aliphatic heterocycles. The van der Waals surface area contributed by atoms with Gasteiger partial charge >= 0.3 is 0 Å². The molecular weight excluding hydrogens is 317 g/mol. The molecule has 0 spiro atoms. The van der Waals surface area contributed by atoms with E-state index in [1.165, 1.54) is 0 Å². The van der Waals surface area contributed by atoms with Crippen molar-refractivity contribution in [3.05, 3.63) is 35.0 Å². The Balaban J connectivity index is 2.06. The molecule has 0 aliphatic carbocycles.